The molecule has 8 rings (SSSR count). The molecule has 180 valence electrons. The van der Waals surface area contributed by atoms with Crippen LogP contribution in [0, 0.1) is 42.6 Å². The number of halogens is 2. The van der Waals surface area contributed by atoms with Gasteiger partial charge in [-0.3, -0.25) is 9.59 Å². The molecule has 5 nitrogen and oxygen atoms in total. The third kappa shape index (κ3) is 3.56. The predicted molar refractivity (Wildman–Crippen MR) is 154 cm³/mol. The number of hydrogen-bond acceptors (Lipinski definition) is 4. The van der Waals surface area contributed by atoms with Crippen LogP contribution in [0.4, 0.5) is 0 Å². The summed E-state index contributed by atoms with van der Waals surface area (Å²) in [6.07, 6.45) is 7.15. The highest BCUT2D eigenvalue weighted by atomic mass is 127. The van der Waals surface area contributed by atoms with Crippen LogP contribution in [0.3, 0.4) is 0 Å². The maximum atomic E-state index is 13.2. The number of carbonyl (C=O) groups is 2. The van der Waals surface area contributed by atoms with Crippen molar-refractivity contribution in [3.8, 4) is 5.75 Å². The van der Waals surface area contributed by atoms with Crippen molar-refractivity contribution in [2.75, 3.05) is 0 Å². The highest BCUT2D eigenvalue weighted by Gasteiger charge is 2.67. The van der Waals surface area contributed by atoms with Crippen LogP contribution in [0.5, 0.6) is 5.75 Å². The van der Waals surface area contributed by atoms with Gasteiger partial charge in [-0.05, 0) is 109 Å². The van der Waals surface area contributed by atoms with Crippen LogP contribution in [0.2, 0.25) is 0 Å². The predicted octanol–water partition coefficient (Wildman–Crippen LogP) is 6.02. The van der Waals surface area contributed by atoms with Crippen molar-refractivity contribution in [3.05, 3.63) is 85.0 Å². The summed E-state index contributed by atoms with van der Waals surface area (Å²) >= 11 is 4.54. The van der Waals surface area contributed by atoms with Crippen LogP contribution < -0.4 is 4.74 Å². The van der Waals surface area contributed by atoms with E-state index in [1.807, 2.05) is 24.3 Å². The molecule has 1 saturated heterocycles. The second-order valence-corrected chi connectivity index (χ2v) is 12.5. The Kier molecular flexibility index (Phi) is 5.50. The summed E-state index contributed by atoms with van der Waals surface area (Å²) in [5.41, 5.74) is 1.97. The number of hydrogen-bond donors (Lipinski definition) is 0. The maximum Gasteiger partial charge on any atom is 0.254 e. The first-order valence-corrected chi connectivity index (χ1v) is 14.4. The van der Waals surface area contributed by atoms with Gasteiger partial charge in [-0.25, -0.2) is 0 Å². The van der Waals surface area contributed by atoms with Gasteiger partial charge in [-0.2, -0.15) is 10.1 Å². The second-order valence-electron chi connectivity index (χ2n) is 10.1. The molecule has 5 aliphatic rings. The van der Waals surface area contributed by atoms with Crippen molar-refractivity contribution in [3.63, 3.8) is 0 Å². The zero-order valence-electron chi connectivity index (χ0n) is 19.2. The number of ether oxygens (including phenoxy) is 1. The van der Waals surface area contributed by atoms with E-state index in [1.165, 1.54) is 10.8 Å². The minimum absolute atomic E-state index is 0.134. The Hall–Kier alpha value is -2.27. The Balaban J connectivity index is 1.09. The molecule has 0 spiro atoms. The third-order valence-electron chi connectivity index (χ3n) is 8.23. The molecule has 0 unspecified atom stereocenters. The Labute approximate surface area is 236 Å². The number of imide groups is 1. The van der Waals surface area contributed by atoms with Gasteiger partial charge >= 0.3 is 0 Å². The number of hydrazone groups is 1. The average molecular weight is 700 g/mol. The molecule has 1 heterocycles. The van der Waals surface area contributed by atoms with E-state index < -0.39 is 0 Å². The fraction of sp³-hybridized carbons (Fsp3) is 0.276. The fourth-order valence-electron chi connectivity index (χ4n) is 6.54. The molecule has 7 heteroatoms. The third-order valence-corrected chi connectivity index (χ3v) is 9.84. The lowest BCUT2D eigenvalue weighted by molar-refractivity contribution is -0.140. The van der Waals surface area contributed by atoms with Crippen LogP contribution in [-0.4, -0.2) is 23.0 Å². The first-order valence-electron chi connectivity index (χ1n) is 12.2. The number of amides is 2. The van der Waals surface area contributed by atoms with Crippen LogP contribution in [0.25, 0.3) is 10.8 Å². The molecule has 4 aliphatic carbocycles. The average Bonchev–Trinajstić information content (AvgIpc) is 3.66. The molecule has 2 amide bonds. The number of allylic oxidation sites excluding steroid dienone is 2. The number of fused-ring (bicyclic) bond motifs is 1. The van der Waals surface area contributed by atoms with E-state index >= 15 is 0 Å². The number of carbonyl (C=O) groups excluding carboxylic acids is 2. The van der Waals surface area contributed by atoms with Gasteiger partial charge in [0.15, 0.2) is 0 Å². The molecule has 0 N–H and O–H groups in total. The zero-order chi connectivity index (χ0) is 24.6. The van der Waals surface area contributed by atoms with E-state index in [1.54, 1.807) is 6.21 Å². The summed E-state index contributed by atoms with van der Waals surface area (Å²) in [6.45, 7) is 0.471. The van der Waals surface area contributed by atoms with Gasteiger partial charge < -0.3 is 4.74 Å². The summed E-state index contributed by atoms with van der Waals surface area (Å²) in [4.78, 5) is 26.3. The van der Waals surface area contributed by atoms with Crippen LogP contribution in [0.1, 0.15) is 17.5 Å². The molecular formula is C29H22I2N2O3. The molecule has 0 radical (unpaired) electrons. The van der Waals surface area contributed by atoms with Crippen molar-refractivity contribution >= 4 is 74.0 Å². The van der Waals surface area contributed by atoms with Gasteiger partial charge in [0.1, 0.15) is 12.4 Å². The van der Waals surface area contributed by atoms with E-state index in [0.29, 0.717) is 18.4 Å². The normalized spacial score (nSPS) is 29.8. The molecule has 6 atom stereocenters. The summed E-state index contributed by atoms with van der Waals surface area (Å²) in [5.74, 6) is 1.71. The Morgan fingerprint density at radius 2 is 1.56 bits per heavy atom. The second kappa shape index (κ2) is 8.65. The summed E-state index contributed by atoms with van der Waals surface area (Å²) < 4.78 is 8.16. The van der Waals surface area contributed by atoms with E-state index in [9.17, 15) is 9.59 Å². The number of nitrogens with zero attached hydrogens (tertiary/aromatic N) is 2. The Morgan fingerprint density at radius 1 is 0.917 bits per heavy atom. The molecule has 0 aromatic heterocycles. The molecule has 3 fully saturated rings. The lowest BCUT2D eigenvalue weighted by Gasteiger charge is -2.37. The van der Waals surface area contributed by atoms with Crippen LogP contribution >= 0.6 is 45.2 Å². The largest absolute Gasteiger partial charge is 0.487 e. The number of rotatable bonds is 5. The molecule has 2 bridgehead atoms. The first kappa shape index (κ1) is 22.9. The fourth-order valence-corrected chi connectivity index (χ4v) is 8.67. The molecule has 36 heavy (non-hydrogen) atoms. The molecule has 1 aliphatic heterocycles. The van der Waals surface area contributed by atoms with Crippen molar-refractivity contribution in [1.29, 1.82) is 0 Å². The monoisotopic (exact) mass is 700 g/mol. The number of benzene rings is 3. The van der Waals surface area contributed by atoms with Gasteiger partial charge in [0.05, 0.1) is 25.2 Å². The van der Waals surface area contributed by atoms with E-state index in [2.05, 4.69) is 92.8 Å². The highest BCUT2D eigenvalue weighted by Crippen LogP contribution is 2.65. The van der Waals surface area contributed by atoms with Crippen molar-refractivity contribution < 1.29 is 14.3 Å². The maximum absolute atomic E-state index is 13.2. The van der Waals surface area contributed by atoms with Gasteiger partial charge in [0, 0.05) is 0 Å². The molecule has 3 aromatic rings. The molecule has 2 saturated carbocycles. The zero-order valence-corrected chi connectivity index (χ0v) is 23.5. The molecular weight excluding hydrogens is 678 g/mol. The van der Waals surface area contributed by atoms with Crippen molar-refractivity contribution in [2.24, 2.45) is 40.6 Å². The Morgan fingerprint density at radius 3 is 2.25 bits per heavy atom. The van der Waals surface area contributed by atoms with Gasteiger partial charge in [0.25, 0.3) is 11.8 Å². The van der Waals surface area contributed by atoms with Crippen LogP contribution in [-0.2, 0) is 16.2 Å². The lowest BCUT2D eigenvalue weighted by atomic mass is 9.63. The van der Waals surface area contributed by atoms with Crippen molar-refractivity contribution in [1.82, 2.24) is 5.01 Å². The van der Waals surface area contributed by atoms with Crippen molar-refractivity contribution in [2.45, 2.75) is 13.0 Å². The van der Waals surface area contributed by atoms with Gasteiger partial charge in [0.2, 0.25) is 0 Å². The van der Waals surface area contributed by atoms with Crippen LogP contribution in [0.15, 0.2) is 71.9 Å². The minimum atomic E-state index is -0.224. The first-order chi connectivity index (χ1) is 17.5. The lowest BCUT2D eigenvalue weighted by Crippen LogP contribution is -2.40. The van der Waals surface area contributed by atoms with E-state index in [0.717, 1.165) is 35.4 Å². The van der Waals surface area contributed by atoms with E-state index in [4.69, 9.17) is 4.74 Å². The SMILES string of the molecule is O=C1[C@H]2[C@@H]3C=C[C@H]([C@@H]4C[C@H]34)[C@@H]2C(=O)N1/N=C\c1cc(I)c(OCc2cccc3ccccc23)c(I)c1. The minimum Gasteiger partial charge on any atom is -0.487 e. The van der Waals surface area contributed by atoms with Gasteiger partial charge in [-0.1, -0.05) is 54.6 Å². The quantitative estimate of drug-likeness (QED) is 0.142. The summed E-state index contributed by atoms with van der Waals surface area (Å²) in [5, 5.41) is 7.91. The topological polar surface area (TPSA) is 59.0 Å². The summed E-state index contributed by atoms with van der Waals surface area (Å²) in [7, 11) is 0. The Bertz CT molecular complexity index is 1430. The summed E-state index contributed by atoms with van der Waals surface area (Å²) in [6, 6.07) is 18.5. The van der Waals surface area contributed by atoms with Gasteiger partial charge in [-0.15, -0.1) is 0 Å². The molecule has 3 aromatic carbocycles. The highest BCUT2D eigenvalue weighted by molar-refractivity contribution is 14.1. The smallest absolute Gasteiger partial charge is 0.254 e. The standard InChI is InChI=1S/C29H22I2N2O3/c30-23-10-15(11-24(31)27(23)36-14-17-6-3-5-16-4-1-2-7-18(16)17)13-32-33-28(34)25-19-8-9-20(22-12-21(19)22)26(25)29(33)35/h1-11,13,19-22,25-26H,12,14H2/b32-13-/t19-,20-,21-,22+,25+,26+/m1/s1. The van der Waals surface area contributed by atoms with E-state index in [-0.39, 0.29) is 35.5 Å².